The number of pyridine rings is 1. The van der Waals surface area contributed by atoms with E-state index in [9.17, 15) is 4.39 Å². The number of aryl methyl sites for hydroxylation is 3. The normalized spacial score (nSPS) is 10.8. The van der Waals surface area contributed by atoms with E-state index in [-0.39, 0.29) is 18.2 Å². The van der Waals surface area contributed by atoms with Crippen molar-refractivity contribution in [2.24, 2.45) is 0 Å². The molecule has 0 saturated heterocycles. The first-order valence-corrected chi connectivity index (χ1v) is 9.35. The van der Waals surface area contributed by atoms with Crippen molar-refractivity contribution in [3.8, 4) is 0 Å². The summed E-state index contributed by atoms with van der Waals surface area (Å²) in [4.78, 5) is 4.70. The van der Waals surface area contributed by atoms with Crippen molar-refractivity contribution < 1.29 is 4.39 Å². The summed E-state index contributed by atoms with van der Waals surface area (Å²) in [5.74, 6) is -0.194. The standard InChI is InChI=1S/C24H23FN2.ClH/c1-17-18(2)27(16-20-9-6-10-21(25)15-20)24-22(17)13-14-26-23(24)12-11-19-7-4-3-5-8-19;/h3-10,13-15H,11-12,16H2,1-2H3;1H. The van der Waals surface area contributed by atoms with Crippen molar-refractivity contribution in [1.29, 1.82) is 0 Å². The zero-order valence-electron chi connectivity index (χ0n) is 16.2. The summed E-state index contributed by atoms with van der Waals surface area (Å²) in [5.41, 5.74) is 7.03. The number of benzene rings is 2. The first-order chi connectivity index (χ1) is 13.1. The van der Waals surface area contributed by atoms with Gasteiger partial charge in [0.05, 0.1) is 11.2 Å². The maximum Gasteiger partial charge on any atom is 0.123 e. The fraction of sp³-hybridized carbons (Fsp3) is 0.208. The van der Waals surface area contributed by atoms with Gasteiger partial charge in [0.1, 0.15) is 5.82 Å². The highest BCUT2D eigenvalue weighted by atomic mass is 35.5. The van der Waals surface area contributed by atoms with Crippen LogP contribution in [0.5, 0.6) is 0 Å². The lowest BCUT2D eigenvalue weighted by Crippen LogP contribution is -2.05. The number of rotatable bonds is 5. The third-order valence-electron chi connectivity index (χ3n) is 5.34. The van der Waals surface area contributed by atoms with E-state index < -0.39 is 0 Å². The van der Waals surface area contributed by atoms with Crippen LogP contribution in [0.1, 0.15) is 28.1 Å². The molecular formula is C24H24ClFN2. The number of halogens is 2. The molecule has 4 aromatic rings. The zero-order valence-corrected chi connectivity index (χ0v) is 17.0. The number of nitrogens with zero attached hydrogens (tertiary/aromatic N) is 2. The van der Waals surface area contributed by atoms with Gasteiger partial charge in [-0.25, -0.2) is 4.39 Å². The van der Waals surface area contributed by atoms with Gasteiger partial charge in [-0.05, 0) is 61.6 Å². The number of fused-ring (bicyclic) bond motifs is 1. The van der Waals surface area contributed by atoms with E-state index >= 15 is 0 Å². The molecule has 0 unspecified atom stereocenters. The molecule has 0 radical (unpaired) electrons. The molecule has 0 spiro atoms. The van der Waals surface area contributed by atoms with E-state index in [1.165, 1.54) is 33.8 Å². The Hall–Kier alpha value is -2.65. The number of aromatic nitrogens is 2. The van der Waals surface area contributed by atoms with Crippen LogP contribution in [0.3, 0.4) is 0 Å². The van der Waals surface area contributed by atoms with Crippen LogP contribution in [0.4, 0.5) is 4.39 Å². The van der Waals surface area contributed by atoms with E-state index in [4.69, 9.17) is 4.98 Å². The molecule has 2 aromatic carbocycles. The lowest BCUT2D eigenvalue weighted by molar-refractivity contribution is 0.623. The van der Waals surface area contributed by atoms with Gasteiger partial charge in [-0.2, -0.15) is 0 Å². The molecule has 0 fully saturated rings. The van der Waals surface area contributed by atoms with Crippen molar-refractivity contribution in [2.75, 3.05) is 0 Å². The van der Waals surface area contributed by atoms with E-state index in [0.717, 1.165) is 24.1 Å². The molecular weight excluding hydrogens is 371 g/mol. The second kappa shape index (κ2) is 8.57. The molecule has 4 heteroatoms. The Morgan fingerprint density at radius 3 is 2.39 bits per heavy atom. The average Bonchev–Trinajstić information content (AvgIpc) is 2.93. The Kier molecular flexibility index (Phi) is 6.15. The van der Waals surface area contributed by atoms with Crippen LogP contribution in [0.15, 0.2) is 66.9 Å². The van der Waals surface area contributed by atoms with Crippen molar-refractivity contribution >= 4 is 23.3 Å². The lowest BCUT2D eigenvalue weighted by Gasteiger charge is -2.12. The van der Waals surface area contributed by atoms with Crippen molar-refractivity contribution in [1.82, 2.24) is 9.55 Å². The second-order valence-corrected chi connectivity index (χ2v) is 7.07. The summed E-state index contributed by atoms with van der Waals surface area (Å²) < 4.78 is 15.9. The minimum Gasteiger partial charge on any atom is -0.339 e. The summed E-state index contributed by atoms with van der Waals surface area (Å²) in [5, 5.41) is 1.24. The number of hydrogen-bond acceptors (Lipinski definition) is 1. The Morgan fingerprint density at radius 1 is 0.893 bits per heavy atom. The Balaban J connectivity index is 0.00000225. The molecule has 0 aliphatic carbocycles. The predicted octanol–water partition coefficient (Wildman–Crippen LogP) is 6.05. The highest BCUT2D eigenvalue weighted by Crippen LogP contribution is 2.28. The molecule has 4 rings (SSSR count). The van der Waals surface area contributed by atoms with Crippen LogP contribution in [0.2, 0.25) is 0 Å². The summed E-state index contributed by atoms with van der Waals surface area (Å²) in [6, 6.07) is 19.4. The van der Waals surface area contributed by atoms with E-state index in [1.54, 1.807) is 12.1 Å². The highest BCUT2D eigenvalue weighted by molar-refractivity contribution is 5.87. The van der Waals surface area contributed by atoms with Gasteiger partial charge < -0.3 is 4.57 Å². The van der Waals surface area contributed by atoms with Crippen molar-refractivity contribution in [2.45, 2.75) is 33.2 Å². The third-order valence-corrected chi connectivity index (χ3v) is 5.34. The maximum absolute atomic E-state index is 13.7. The molecule has 2 aromatic heterocycles. The highest BCUT2D eigenvalue weighted by Gasteiger charge is 2.15. The Bertz CT molecular complexity index is 1090. The summed E-state index contributed by atoms with van der Waals surface area (Å²) in [6.07, 6.45) is 3.74. The average molecular weight is 395 g/mol. The minimum absolute atomic E-state index is 0. The monoisotopic (exact) mass is 394 g/mol. The third kappa shape index (κ3) is 3.95. The molecule has 0 aliphatic heterocycles. The van der Waals surface area contributed by atoms with Crippen LogP contribution >= 0.6 is 12.4 Å². The zero-order chi connectivity index (χ0) is 18.8. The molecule has 2 heterocycles. The van der Waals surface area contributed by atoms with Crippen LogP contribution < -0.4 is 0 Å². The predicted molar refractivity (Wildman–Crippen MR) is 116 cm³/mol. The van der Waals surface area contributed by atoms with Crippen molar-refractivity contribution in [3.05, 3.63) is 101 Å². The van der Waals surface area contributed by atoms with Gasteiger partial charge in [0.25, 0.3) is 0 Å². The molecule has 0 amide bonds. The second-order valence-electron chi connectivity index (χ2n) is 7.07. The van der Waals surface area contributed by atoms with Gasteiger partial charge in [-0.15, -0.1) is 12.4 Å². The van der Waals surface area contributed by atoms with Crippen LogP contribution in [-0.4, -0.2) is 9.55 Å². The smallest absolute Gasteiger partial charge is 0.123 e. The topological polar surface area (TPSA) is 17.8 Å². The Morgan fingerprint density at radius 2 is 1.64 bits per heavy atom. The number of hydrogen-bond donors (Lipinski definition) is 0. The largest absolute Gasteiger partial charge is 0.339 e. The van der Waals surface area contributed by atoms with Gasteiger partial charge in [0.15, 0.2) is 0 Å². The minimum atomic E-state index is -0.194. The van der Waals surface area contributed by atoms with E-state index in [0.29, 0.717) is 6.54 Å². The molecule has 0 aliphatic rings. The quantitative estimate of drug-likeness (QED) is 0.403. The first-order valence-electron chi connectivity index (χ1n) is 9.35. The van der Waals surface area contributed by atoms with Crippen LogP contribution in [0, 0.1) is 19.7 Å². The fourth-order valence-electron chi connectivity index (χ4n) is 3.77. The van der Waals surface area contributed by atoms with Gasteiger partial charge in [-0.3, -0.25) is 4.98 Å². The van der Waals surface area contributed by atoms with Crippen molar-refractivity contribution in [3.63, 3.8) is 0 Å². The summed E-state index contributed by atoms with van der Waals surface area (Å²) in [7, 11) is 0. The first kappa shape index (κ1) is 20.1. The molecule has 28 heavy (non-hydrogen) atoms. The molecule has 2 nitrogen and oxygen atoms in total. The maximum atomic E-state index is 13.7. The molecule has 144 valence electrons. The Labute approximate surface area is 171 Å². The SMILES string of the molecule is Cc1c(C)n(Cc2cccc(F)c2)c2c(CCc3ccccc3)nccc12.Cl. The summed E-state index contributed by atoms with van der Waals surface area (Å²) >= 11 is 0. The van der Waals surface area contributed by atoms with E-state index in [2.05, 4.69) is 48.7 Å². The van der Waals surface area contributed by atoms with E-state index in [1.807, 2.05) is 18.3 Å². The van der Waals surface area contributed by atoms with Gasteiger partial charge in [-0.1, -0.05) is 42.5 Å². The molecule has 0 saturated carbocycles. The summed E-state index contributed by atoms with van der Waals surface area (Å²) in [6.45, 7) is 4.94. The molecule has 0 N–H and O–H groups in total. The van der Waals surface area contributed by atoms with Gasteiger partial charge in [0.2, 0.25) is 0 Å². The van der Waals surface area contributed by atoms with Gasteiger partial charge in [0, 0.05) is 23.8 Å². The van der Waals surface area contributed by atoms with Crippen LogP contribution in [0.25, 0.3) is 10.9 Å². The lowest BCUT2D eigenvalue weighted by atomic mass is 10.1. The molecule has 0 bridgehead atoms. The van der Waals surface area contributed by atoms with Crippen LogP contribution in [-0.2, 0) is 19.4 Å². The fourth-order valence-corrected chi connectivity index (χ4v) is 3.77. The molecule has 0 atom stereocenters. The van der Waals surface area contributed by atoms with Gasteiger partial charge >= 0.3 is 0 Å².